The Morgan fingerprint density at radius 3 is 2.54 bits per heavy atom. The van der Waals surface area contributed by atoms with Crippen molar-refractivity contribution in [2.75, 3.05) is 20.6 Å². The van der Waals surface area contributed by atoms with Crippen LogP contribution in [0.25, 0.3) is 11.3 Å². The van der Waals surface area contributed by atoms with Gasteiger partial charge in [-0.2, -0.15) is 5.10 Å². The molecule has 1 N–H and O–H groups in total. The van der Waals surface area contributed by atoms with E-state index in [1.54, 1.807) is 4.68 Å². The molecule has 0 spiro atoms. The van der Waals surface area contributed by atoms with Gasteiger partial charge < -0.3 is 10.2 Å². The molecule has 146 valence electrons. The summed E-state index contributed by atoms with van der Waals surface area (Å²) in [5.74, 6) is -0.192. The molecule has 1 heterocycles. The Morgan fingerprint density at radius 2 is 1.89 bits per heavy atom. The number of halogens is 1. The van der Waals surface area contributed by atoms with E-state index in [2.05, 4.69) is 27.4 Å². The zero-order valence-electron chi connectivity index (χ0n) is 16.6. The van der Waals surface area contributed by atoms with Crippen LogP contribution in [0, 0.1) is 6.92 Å². The zero-order valence-corrected chi connectivity index (χ0v) is 17.4. The summed E-state index contributed by atoms with van der Waals surface area (Å²) in [6, 6.07) is 17.7. The molecule has 2 aromatic carbocycles. The number of hydrogen-bond donors (Lipinski definition) is 1. The minimum atomic E-state index is -0.192. The van der Waals surface area contributed by atoms with Crippen molar-refractivity contribution in [3.8, 4) is 11.3 Å². The number of hydrogen-bond acceptors (Lipinski definition) is 3. The molecular formula is C22H25ClN4O. The fourth-order valence-electron chi connectivity index (χ4n) is 3.17. The van der Waals surface area contributed by atoms with Crippen molar-refractivity contribution < 1.29 is 4.79 Å². The molecule has 1 unspecified atom stereocenters. The van der Waals surface area contributed by atoms with Gasteiger partial charge >= 0.3 is 0 Å². The highest BCUT2D eigenvalue weighted by Gasteiger charge is 2.18. The first-order valence-corrected chi connectivity index (χ1v) is 9.54. The smallest absolute Gasteiger partial charge is 0.271 e. The van der Waals surface area contributed by atoms with Gasteiger partial charge in [0, 0.05) is 18.6 Å². The molecule has 0 bridgehead atoms. The van der Waals surface area contributed by atoms with E-state index in [1.165, 1.54) is 5.56 Å². The number of aryl methyl sites for hydroxylation is 2. The molecule has 1 aromatic heterocycles. The Hall–Kier alpha value is -2.63. The minimum absolute atomic E-state index is 0.0166. The largest absolute Gasteiger partial charge is 0.349 e. The van der Waals surface area contributed by atoms with Crippen molar-refractivity contribution in [2.24, 2.45) is 7.05 Å². The lowest BCUT2D eigenvalue weighted by atomic mass is 10.1. The molecule has 6 heteroatoms. The molecule has 1 amide bonds. The van der Waals surface area contributed by atoms with E-state index in [4.69, 9.17) is 11.6 Å². The van der Waals surface area contributed by atoms with Crippen LogP contribution in [-0.4, -0.2) is 41.2 Å². The quantitative estimate of drug-likeness (QED) is 0.683. The van der Waals surface area contributed by atoms with Gasteiger partial charge in [-0.25, -0.2) is 0 Å². The number of aromatic nitrogens is 2. The molecule has 0 saturated carbocycles. The summed E-state index contributed by atoms with van der Waals surface area (Å²) in [6.45, 7) is 2.51. The average molecular weight is 397 g/mol. The molecule has 28 heavy (non-hydrogen) atoms. The molecular weight excluding hydrogens is 372 g/mol. The summed E-state index contributed by atoms with van der Waals surface area (Å²) in [5, 5.41) is 8.07. The number of carbonyl (C=O) groups excluding carboxylic acids is 1. The fraction of sp³-hybridized carbons (Fsp3) is 0.273. The van der Waals surface area contributed by atoms with Crippen molar-refractivity contribution in [3.05, 3.63) is 76.4 Å². The van der Waals surface area contributed by atoms with Gasteiger partial charge in [-0.15, -0.1) is 0 Å². The third-order valence-electron chi connectivity index (χ3n) is 4.77. The van der Waals surface area contributed by atoms with Gasteiger partial charge in [0.25, 0.3) is 5.91 Å². The van der Waals surface area contributed by atoms with Crippen molar-refractivity contribution in [3.63, 3.8) is 0 Å². The highest BCUT2D eigenvalue weighted by Crippen LogP contribution is 2.22. The molecule has 0 aliphatic rings. The maximum atomic E-state index is 12.7. The number of likely N-dealkylation sites (N-methyl/N-ethyl adjacent to an activating group) is 1. The second kappa shape index (κ2) is 8.59. The monoisotopic (exact) mass is 396 g/mol. The van der Waals surface area contributed by atoms with Crippen LogP contribution in [0.15, 0.2) is 54.6 Å². The van der Waals surface area contributed by atoms with Gasteiger partial charge in [-0.1, -0.05) is 53.6 Å². The van der Waals surface area contributed by atoms with Gasteiger partial charge in [-0.05, 0) is 50.3 Å². The van der Waals surface area contributed by atoms with Crippen LogP contribution in [0.5, 0.6) is 0 Å². The molecule has 0 radical (unpaired) electrons. The normalized spacial score (nSPS) is 12.2. The Bertz CT molecular complexity index is 963. The molecule has 0 fully saturated rings. The fourth-order valence-corrected chi connectivity index (χ4v) is 3.36. The predicted molar refractivity (Wildman–Crippen MR) is 114 cm³/mol. The third kappa shape index (κ3) is 4.61. The van der Waals surface area contributed by atoms with Crippen LogP contribution in [0.2, 0.25) is 5.02 Å². The topological polar surface area (TPSA) is 50.2 Å². The van der Waals surface area contributed by atoms with Gasteiger partial charge in [0.2, 0.25) is 0 Å². The van der Waals surface area contributed by atoms with Crippen molar-refractivity contribution in [2.45, 2.75) is 13.0 Å². The van der Waals surface area contributed by atoms with Crippen LogP contribution in [-0.2, 0) is 7.05 Å². The summed E-state index contributed by atoms with van der Waals surface area (Å²) >= 11 is 6.12. The molecule has 0 saturated heterocycles. The predicted octanol–water partition coefficient (Wildman–Crippen LogP) is 4.08. The van der Waals surface area contributed by atoms with Crippen LogP contribution >= 0.6 is 11.6 Å². The van der Waals surface area contributed by atoms with Crippen molar-refractivity contribution >= 4 is 17.5 Å². The van der Waals surface area contributed by atoms with Gasteiger partial charge in [0.1, 0.15) is 0 Å². The average Bonchev–Trinajstić information content (AvgIpc) is 3.04. The summed E-state index contributed by atoms with van der Waals surface area (Å²) < 4.78 is 1.74. The summed E-state index contributed by atoms with van der Waals surface area (Å²) in [4.78, 5) is 14.7. The van der Waals surface area contributed by atoms with E-state index in [0.717, 1.165) is 16.8 Å². The zero-order chi connectivity index (χ0) is 20.3. The number of benzene rings is 2. The van der Waals surface area contributed by atoms with E-state index < -0.39 is 0 Å². The van der Waals surface area contributed by atoms with Gasteiger partial charge in [0.05, 0.1) is 11.7 Å². The van der Waals surface area contributed by atoms with Crippen LogP contribution in [0.1, 0.15) is 27.7 Å². The maximum absolute atomic E-state index is 12.7. The second-order valence-corrected chi connectivity index (χ2v) is 7.59. The van der Waals surface area contributed by atoms with Gasteiger partial charge in [-0.3, -0.25) is 9.48 Å². The number of rotatable bonds is 6. The highest BCUT2D eigenvalue weighted by atomic mass is 35.5. The number of carbonyl (C=O) groups is 1. The highest BCUT2D eigenvalue weighted by molar-refractivity contribution is 6.30. The summed E-state index contributed by atoms with van der Waals surface area (Å²) in [6.07, 6.45) is 0. The van der Waals surface area contributed by atoms with E-state index in [1.807, 2.05) is 70.5 Å². The molecule has 3 aromatic rings. The van der Waals surface area contributed by atoms with E-state index in [9.17, 15) is 4.79 Å². The van der Waals surface area contributed by atoms with E-state index in [0.29, 0.717) is 17.3 Å². The minimum Gasteiger partial charge on any atom is -0.349 e. The Morgan fingerprint density at radius 1 is 1.18 bits per heavy atom. The Kier molecular flexibility index (Phi) is 6.17. The third-order valence-corrected chi connectivity index (χ3v) is 5.01. The van der Waals surface area contributed by atoms with Crippen molar-refractivity contribution in [1.82, 2.24) is 20.0 Å². The van der Waals surface area contributed by atoms with Gasteiger partial charge in [0.15, 0.2) is 5.69 Å². The molecule has 1 atom stereocenters. The SMILES string of the molecule is Cc1ccc(-c2cc(C(=O)NCC(c3cccc(Cl)c3)N(C)C)nn2C)cc1. The molecule has 0 aliphatic carbocycles. The van der Waals surface area contributed by atoms with Crippen LogP contribution in [0.4, 0.5) is 0 Å². The number of nitrogens with one attached hydrogen (secondary N) is 1. The second-order valence-electron chi connectivity index (χ2n) is 7.15. The van der Waals surface area contributed by atoms with Crippen LogP contribution < -0.4 is 5.32 Å². The summed E-state index contributed by atoms with van der Waals surface area (Å²) in [7, 11) is 5.81. The van der Waals surface area contributed by atoms with Crippen molar-refractivity contribution in [1.29, 1.82) is 0 Å². The number of nitrogens with zero attached hydrogens (tertiary/aromatic N) is 3. The van der Waals surface area contributed by atoms with Crippen LogP contribution in [0.3, 0.4) is 0 Å². The molecule has 0 aliphatic heterocycles. The first-order valence-electron chi connectivity index (χ1n) is 9.16. The number of amides is 1. The van der Waals surface area contributed by atoms with E-state index in [-0.39, 0.29) is 11.9 Å². The lowest BCUT2D eigenvalue weighted by molar-refractivity contribution is 0.0936. The first kappa shape index (κ1) is 20.1. The standard InChI is InChI=1S/C22H25ClN4O/c1-15-8-10-16(11-9-15)20-13-19(25-27(20)4)22(28)24-14-21(26(2)3)17-6-5-7-18(23)12-17/h5-13,21H,14H2,1-4H3,(H,24,28). The first-order chi connectivity index (χ1) is 13.3. The molecule has 3 rings (SSSR count). The Balaban J connectivity index is 1.74. The Labute approximate surface area is 170 Å². The lowest BCUT2D eigenvalue weighted by Crippen LogP contribution is -2.34. The lowest BCUT2D eigenvalue weighted by Gasteiger charge is -2.25. The molecule has 5 nitrogen and oxygen atoms in total. The summed E-state index contributed by atoms with van der Waals surface area (Å²) in [5.41, 5.74) is 4.59. The maximum Gasteiger partial charge on any atom is 0.271 e. The van der Waals surface area contributed by atoms with E-state index >= 15 is 0 Å².